The molecule has 0 fully saturated rings. The zero-order chi connectivity index (χ0) is 20.3. The van der Waals surface area contributed by atoms with Gasteiger partial charge >= 0.3 is 0 Å². The topological polar surface area (TPSA) is 74.3 Å². The number of rotatable bonds is 7. The van der Waals surface area contributed by atoms with Gasteiger partial charge in [-0.25, -0.2) is 0 Å². The third-order valence-electron chi connectivity index (χ3n) is 5.20. The number of benzene rings is 2. The number of hydrogen-bond donors (Lipinski definition) is 3. The van der Waals surface area contributed by atoms with Crippen LogP contribution in [-0.4, -0.2) is 29.3 Å². The molecule has 3 N–H and O–H groups in total. The lowest BCUT2D eigenvalue weighted by Gasteiger charge is -2.15. The van der Waals surface area contributed by atoms with Crippen molar-refractivity contribution in [2.75, 3.05) is 13.2 Å². The fourth-order valence-corrected chi connectivity index (χ4v) is 3.25. The number of pyridine rings is 1. The molecule has 0 saturated carbocycles. The third kappa shape index (κ3) is 4.43. The van der Waals surface area contributed by atoms with Crippen LogP contribution in [0, 0.1) is 27.7 Å². The second kappa shape index (κ2) is 8.59. The van der Waals surface area contributed by atoms with Crippen LogP contribution in [0.4, 0.5) is 0 Å². The summed E-state index contributed by atoms with van der Waals surface area (Å²) in [6, 6.07) is 11.9. The second-order valence-corrected chi connectivity index (χ2v) is 7.41. The van der Waals surface area contributed by atoms with E-state index in [1.165, 1.54) is 0 Å². The summed E-state index contributed by atoms with van der Waals surface area (Å²) >= 11 is 0. The fraction of sp³-hybridized carbons (Fsp3) is 0.348. The summed E-state index contributed by atoms with van der Waals surface area (Å²) in [4.78, 5) is 15.4. The van der Waals surface area contributed by atoms with Crippen LogP contribution in [0.25, 0.3) is 10.9 Å². The van der Waals surface area contributed by atoms with E-state index in [0.717, 1.165) is 38.9 Å². The standard InChI is InChI=1S/C23H28N2O3/c1-14-6-5-7-21(17(14)4)28-13-19(26)12-24-11-18-10-20-15(2)8-9-16(3)22(20)25-23(18)27/h5-10,19,24,26H,11-13H2,1-4H3,(H,25,27)/t19-/m0/s1. The van der Waals surface area contributed by atoms with Gasteiger partial charge in [0.05, 0.1) is 5.52 Å². The lowest BCUT2D eigenvalue weighted by molar-refractivity contribution is 0.106. The van der Waals surface area contributed by atoms with Crippen LogP contribution in [0.3, 0.4) is 0 Å². The summed E-state index contributed by atoms with van der Waals surface area (Å²) in [6.07, 6.45) is -0.663. The number of aryl methyl sites for hydroxylation is 3. The van der Waals surface area contributed by atoms with Crippen molar-refractivity contribution in [3.8, 4) is 5.75 Å². The molecule has 0 bridgehead atoms. The van der Waals surface area contributed by atoms with E-state index in [9.17, 15) is 9.90 Å². The second-order valence-electron chi connectivity index (χ2n) is 7.41. The molecule has 1 aromatic heterocycles. The third-order valence-corrected chi connectivity index (χ3v) is 5.20. The molecule has 0 radical (unpaired) electrons. The average molecular weight is 380 g/mol. The van der Waals surface area contributed by atoms with Gasteiger partial charge in [0.15, 0.2) is 0 Å². The van der Waals surface area contributed by atoms with Crippen molar-refractivity contribution in [3.05, 3.63) is 74.6 Å². The van der Waals surface area contributed by atoms with Gasteiger partial charge in [-0.3, -0.25) is 4.79 Å². The molecule has 3 rings (SSSR count). The highest BCUT2D eigenvalue weighted by molar-refractivity contribution is 5.85. The minimum atomic E-state index is -0.663. The molecule has 148 valence electrons. The van der Waals surface area contributed by atoms with Crippen molar-refractivity contribution in [2.24, 2.45) is 0 Å². The van der Waals surface area contributed by atoms with Crippen LogP contribution in [0.15, 0.2) is 41.2 Å². The first-order valence-corrected chi connectivity index (χ1v) is 9.56. The molecule has 3 aromatic rings. The summed E-state index contributed by atoms with van der Waals surface area (Å²) in [5.41, 5.74) is 5.85. The van der Waals surface area contributed by atoms with Crippen LogP contribution in [0.1, 0.15) is 27.8 Å². The predicted molar refractivity (Wildman–Crippen MR) is 113 cm³/mol. The van der Waals surface area contributed by atoms with Gasteiger partial charge in [0.25, 0.3) is 5.56 Å². The highest BCUT2D eigenvalue weighted by Crippen LogP contribution is 2.21. The largest absolute Gasteiger partial charge is 0.491 e. The van der Waals surface area contributed by atoms with Crippen LogP contribution in [0.2, 0.25) is 0 Å². The zero-order valence-corrected chi connectivity index (χ0v) is 16.9. The Morgan fingerprint density at radius 1 is 1.07 bits per heavy atom. The van der Waals surface area contributed by atoms with Crippen LogP contribution in [0.5, 0.6) is 5.75 Å². The fourth-order valence-electron chi connectivity index (χ4n) is 3.25. The molecule has 1 heterocycles. The van der Waals surface area contributed by atoms with Crippen molar-refractivity contribution in [1.82, 2.24) is 10.3 Å². The van der Waals surface area contributed by atoms with Gasteiger partial charge in [-0.15, -0.1) is 0 Å². The van der Waals surface area contributed by atoms with Crippen LogP contribution in [-0.2, 0) is 6.54 Å². The zero-order valence-electron chi connectivity index (χ0n) is 16.9. The summed E-state index contributed by atoms with van der Waals surface area (Å²) in [7, 11) is 0. The molecule has 0 aliphatic heterocycles. The summed E-state index contributed by atoms with van der Waals surface area (Å²) in [5.74, 6) is 0.788. The number of aliphatic hydroxyl groups excluding tert-OH is 1. The van der Waals surface area contributed by atoms with Crippen molar-refractivity contribution < 1.29 is 9.84 Å². The lowest BCUT2D eigenvalue weighted by atomic mass is 10.0. The predicted octanol–water partition coefficient (Wildman–Crippen LogP) is 3.29. The molecule has 5 nitrogen and oxygen atoms in total. The van der Waals surface area contributed by atoms with E-state index >= 15 is 0 Å². The van der Waals surface area contributed by atoms with Gasteiger partial charge in [0, 0.05) is 24.0 Å². The smallest absolute Gasteiger partial charge is 0.252 e. The minimum absolute atomic E-state index is 0.102. The van der Waals surface area contributed by atoms with Gasteiger partial charge in [-0.2, -0.15) is 0 Å². The van der Waals surface area contributed by atoms with Gasteiger partial charge < -0.3 is 20.1 Å². The first-order valence-electron chi connectivity index (χ1n) is 9.56. The molecule has 2 aromatic carbocycles. The Kier molecular flexibility index (Phi) is 6.17. The number of aliphatic hydroxyl groups is 1. The normalized spacial score (nSPS) is 12.3. The Labute approximate surface area is 165 Å². The van der Waals surface area contributed by atoms with Crippen molar-refractivity contribution in [3.63, 3.8) is 0 Å². The first-order chi connectivity index (χ1) is 13.4. The number of H-pyrrole nitrogens is 1. The van der Waals surface area contributed by atoms with E-state index in [1.807, 2.05) is 58.0 Å². The molecule has 0 aliphatic carbocycles. The van der Waals surface area contributed by atoms with E-state index in [2.05, 4.69) is 16.4 Å². The van der Waals surface area contributed by atoms with Crippen molar-refractivity contribution in [2.45, 2.75) is 40.3 Å². The Morgan fingerprint density at radius 2 is 1.82 bits per heavy atom. The van der Waals surface area contributed by atoms with E-state index in [1.54, 1.807) is 0 Å². The summed E-state index contributed by atoms with van der Waals surface area (Å²) in [6.45, 7) is 8.99. The monoisotopic (exact) mass is 380 g/mol. The van der Waals surface area contributed by atoms with E-state index in [-0.39, 0.29) is 12.2 Å². The molecule has 1 atom stereocenters. The maximum atomic E-state index is 12.4. The first kappa shape index (κ1) is 20.1. The van der Waals surface area contributed by atoms with E-state index in [4.69, 9.17) is 4.74 Å². The molecule has 28 heavy (non-hydrogen) atoms. The van der Waals surface area contributed by atoms with Gasteiger partial charge in [0.1, 0.15) is 18.5 Å². The highest BCUT2D eigenvalue weighted by atomic mass is 16.5. The van der Waals surface area contributed by atoms with Crippen molar-refractivity contribution in [1.29, 1.82) is 0 Å². The van der Waals surface area contributed by atoms with E-state index < -0.39 is 6.10 Å². The average Bonchev–Trinajstić information content (AvgIpc) is 2.67. The highest BCUT2D eigenvalue weighted by Gasteiger charge is 2.10. The van der Waals surface area contributed by atoms with Crippen molar-refractivity contribution >= 4 is 10.9 Å². The summed E-state index contributed by atoms with van der Waals surface area (Å²) in [5, 5.41) is 14.4. The number of ether oxygens (including phenoxy) is 1. The Morgan fingerprint density at radius 3 is 2.61 bits per heavy atom. The molecule has 0 amide bonds. The van der Waals surface area contributed by atoms with Gasteiger partial charge in [-0.05, 0) is 62.1 Å². The number of aromatic nitrogens is 1. The molecule has 0 unspecified atom stereocenters. The molecule has 0 aliphatic rings. The number of hydrogen-bond acceptors (Lipinski definition) is 4. The van der Waals surface area contributed by atoms with Crippen LogP contribution >= 0.6 is 0 Å². The number of aromatic amines is 1. The number of nitrogens with one attached hydrogen (secondary N) is 2. The molecule has 5 heteroatoms. The Bertz CT molecular complexity index is 1040. The Hall–Kier alpha value is -2.63. The lowest BCUT2D eigenvalue weighted by Crippen LogP contribution is -2.32. The summed E-state index contributed by atoms with van der Waals surface area (Å²) < 4.78 is 5.73. The maximum Gasteiger partial charge on any atom is 0.252 e. The SMILES string of the molecule is Cc1cccc(OC[C@@H](O)CNCc2cc3c(C)ccc(C)c3[nH]c2=O)c1C. The molecular formula is C23H28N2O3. The number of fused-ring (bicyclic) bond motifs is 1. The van der Waals surface area contributed by atoms with E-state index in [0.29, 0.717) is 18.7 Å². The molecule has 0 saturated heterocycles. The van der Waals surface area contributed by atoms with Gasteiger partial charge in [-0.1, -0.05) is 24.3 Å². The van der Waals surface area contributed by atoms with Crippen LogP contribution < -0.4 is 15.6 Å². The maximum absolute atomic E-state index is 12.4. The van der Waals surface area contributed by atoms with Gasteiger partial charge in [0.2, 0.25) is 0 Å². The molecular weight excluding hydrogens is 352 g/mol. The minimum Gasteiger partial charge on any atom is -0.491 e. The molecule has 0 spiro atoms. The quantitative estimate of drug-likeness (QED) is 0.588. The Balaban J connectivity index is 1.59.